The van der Waals surface area contributed by atoms with Crippen LogP contribution >= 0.6 is 23.6 Å². The van der Waals surface area contributed by atoms with E-state index in [4.69, 9.17) is 17.3 Å². The number of amides is 1. The van der Waals surface area contributed by atoms with Gasteiger partial charge in [0.15, 0.2) is 10.6 Å². The largest absolute Gasteiger partial charge is 0.396 e. The van der Waals surface area contributed by atoms with E-state index in [0.717, 1.165) is 11.3 Å². The molecule has 122 valence electrons. The first kappa shape index (κ1) is 16.1. The first-order valence-electron chi connectivity index (χ1n) is 7.40. The van der Waals surface area contributed by atoms with Gasteiger partial charge in [0.05, 0.1) is 4.88 Å². The van der Waals surface area contributed by atoms with Crippen LogP contribution in [0.25, 0.3) is 10.7 Å². The molecule has 0 saturated carbocycles. The smallest absolute Gasteiger partial charge is 0.243 e. The fraction of sp³-hybridized carbons (Fsp3) is 0.400. The standard InChI is InChI=1S/C15H18N4O2S2/c1-9(14(21)16-11-5-4-10(7-11)8-20)19-13(17-18-15(19)22)12-3-2-6-23-12/h2-6,9-11,20H,7-8H2,1H3,(H,16,21)(H,18,22)/t9-,10-,11+/m0/s1. The van der Waals surface area contributed by atoms with Gasteiger partial charge in [0, 0.05) is 18.6 Å². The lowest BCUT2D eigenvalue weighted by atomic mass is 10.1. The Labute approximate surface area is 142 Å². The van der Waals surface area contributed by atoms with Crippen LogP contribution in [0.2, 0.25) is 0 Å². The Morgan fingerprint density at radius 1 is 1.65 bits per heavy atom. The average molecular weight is 350 g/mol. The van der Waals surface area contributed by atoms with Gasteiger partial charge in [0.25, 0.3) is 0 Å². The molecule has 0 saturated heterocycles. The highest BCUT2D eigenvalue weighted by Gasteiger charge is 2.25. The lowest BCUT2D eigenvalue weighted by Crippen LogP contribution is -2.37. The third kappa shape index (κ3) is 3.29. The zero-order valence-corrected chi connectivity index (χ0v) is 14.2. The molecular formula is C15H18N4O2S2. The predicted octanol–water partition coefficient (Wildman–Crippen LogP) is 2.28. The molecule has 0 spiro atoms. The number of hydrogen-bond acceptors (Lipinski definition) is 5. The fourth-order valence-electron chi connectivity index (χ4n) is 2.68. The van der Waals surface area contributed by atoms with Crippen LogP contribution < -0.4 is 5.32 Å². The Morgan fingerprint density at radius 2 is 2.48 bits per heavy atom. The van der Waals surface area contributed by atoms with Gasteiger partial charge in [0.1, 0.15) is 6.04 Å². The number of H-pyrrole nitrogens is 1. The zero-order valence-electron chi connectivity index (χ0n) is 12.6. The van der Waals surface area contributed by atoms with Crippen molar-refractivity contribution in [1.82, 2.24) is 20.1 Å². The van der Waals surface area contributed by atoms with Gasteiger partial charge in [-0.05, 0) is 37.0 Å². The molecule has 0 fully saturated rings. The number of hydrogen-bond donors (Lipinski definition) is 3. The first-order chi connectivity index (χ1) is 11.1. The maximum Gasteiger partial charge on any atom is 0.243 e. The van der Waals surface area contributed by atoms with Crippen molar-refractivity contribution in [3.63, 3.8) is 0 Å². The zero-order chi connectivity index (χ0) is 16.4. The van der Waals surface area contributed by atoms with E-state index in [9.17, 15) is 4.79 Å². The number of thiophene rings is 1. The summed E-state index contributed by atoms with van der Waals surface area (Å²) >= 11 is 6.83. The number of carbonyl (C=O) groups is 1. The van der Waals surface area contributed by atoms with E-state index < -0.39 is 6.04 Å². The molecule has 1 aliphatic carbocycles. The number of aliphatic hydroxyl groups excluding tert-OH is 1. The molecule has 8 heteroatoms. The van der Waals surface area contributed by atoms with E-state index in [1.54, 1.807) is 22.8 Å². The molecule has 1 amide bonds. The van der Waals surface area contributed by atoms with Crippen molar-refractivity contribution in [3.05, 3.63) is 34.4 Å². The van der Waals surface area contributed by atoms with E-state index in [2.05, 4.69) is 15.5 Å². The van der Waals surface area contributed by atoms with Crippen LogP contribution in [0.1, 0.15) is 19.4 Å². The quantitative estimate of drug-likeness (QED) is 0.571. The number of aromatic nitrogens is 3. The average Bonchev–Trinajstić information content (AvgIpc) is 3.26. The number of aliphatic hydroxyl groups is 1. The van der Waals surface area contributed by atoms with E-state index in [0.29, 0.717) is 10.6 Å². The van der Waals surface area contributed by atoms with Crippen molar-refractivity contribution in [2.45, 2.75) is 25.4 Å². The lowest BCUT2D eigenvalue weighted by molar-refractivity contribution is -0.124. The van der Waals surface area contributed by atoms with Gasteiger partial charge in [-0.15, -0.1) is 11.3 Å². The van der Waals surface area contributed by atoms with E-state index >= 15 is 0 Å². The Bertz CT molecular complexity index is 763. The normalized spacial score (nSPS) is 21.5. The van der Waals surface area contributed by atoms with Crippen LogP contribution in [0.4, 0.5) is 0 Å². The summed E-state index contributed by atoms with van der Waals surface area (Å²) in [5.74, 6) is 0.671. The van der Waals surface area contributed by atoms with Gasteiger partial charge in [-0.2, -0.15) is 5.10 Å². The van der Waals surface area contributed by atoms with E-state index in [1.165, 1.54) is 0 Å². The molecule has 3 rings (SSSR count). The number of aromatic amines is 1. The highest BCUT2D eigenvalue weighted by Crippen LogP contribution is 2.26. The molecule has 0 aliphatic heterocycles. The Hall–Kier alpha value is -1.77. The molecule has 2 aromatic heterocycles. The van der Waals surface area contributed by atoms with Gasteiger partial charge >= 0.3 is 0 Å². The molecule has 6 nitrogen and oxygen atoms in total. The highest BCUT2D eigenvalue weighted by molar-refractivity contribution is 7.71. The summed E-state index contributed by atoms with van der Waals surface area (Å²) in [6.07, 6.45) is 4.60. The van der Waals surface area contributed by atoms with Crippen molar-refractivity contribution >= 4 is 29.5 Å². The maximum absolute atomic E-state index is 12.6. The van der Waals surface area contributed by atoms with Gasteiger partial charge in [-0.25, -0.2) is 0 Å². The topological polar surface area (TPSA) is 82.9 Å². The molecule has 0 unspecified atom stereocenters. The van der Waals surface area contributed by atoms with E-state index in [-0.39, 0.29) is 24.5 Å². The molecule has 2 heterocycles. The Morgan fingerprint density at radius 3 is 3.13 bits per heavy atom. The maximum atomic E-state index is 12.6. The molecule has 0 radical (unpaired) electrons. The summed E-state index contributed by atoms with van der Waals surface area (Å²) in [6.45, 7) is 1.91. The molecule has 2 aromatic rings. The molecule has 1 aliphatic rings. The van der Waals surface area contributed by atoms with Crippen molar-refractivity contribution in [2.75, 3.05) is 6.61 Å². The monoisotopic (exact) mass is 350 g/mol. The van der Waals surface area contributed by atoms with Crippen molar-refractivity contribution < 1.29 is 9.90 Å². The molecule has 3 atom stereocenters. The molecule has 3 N–H and O–H groups in total. The SMILES string of the molecule is C[C@@H](C(=O)N[C@@H]1C=C[C@H](CO)C1)n1c(-c2cccs2)n[nH]c1=S. The molecular weight excluding hydrogens is 332 g/mol. The number of carbonyl (C=O) groups excluding carboxylic acids is 1. The van der Waals surface area contributed by atoms with Crippen LogP contribution in [-0.4, -0.2) is 38.4 Å². The summed E-state index contributed by atoms with van der Waals surface area (Å²) in [6, 6.07) is 3.36. The third-order valence-corrected chi connectivity index (χ3v) is 5.10. The number of nitrogens with zero attached hydrogens (tertiary/aromatic N) is 2. The van der Waals surface area contributed by atoms with Crippen LogP contribution in [-0.2, 0) is 4.79 Å². The van der Waals surface area contributed by atoms with Crippen molar-refractivity contribution in [2.24, 2.45) is 5.92 Å². The molecule has 0 aromatic carbocycles. The second-order valence-electron chi connectivity index (χ2n) is 5.55. The molecule has 0 bridgehead atoms. The Kier molecular flexibility index (Phi) is 4.74. The van der Waals surface area contributed by atoms with Crippen LogP contribution in [0.5, 0.6) is 0 Å². The van der Waals surface area contributed by atoms with Gasteiger partial charge in [-0.1, -0.05) is 18.2 Å². The second kappa shape index (κ2) is 6.77. The second-order valence-corrected chi connectivity index (χ2v) is 6.89. The fourth-order valence-corrected chi connectivity index (χ4v) is 3.68. The first-order valence-corrected chi connectivity index (χ1v) is 8.69. The number of rotatable bonds is 5. The minimum Gasteiger partial charge on any atom is -0.396 e. The van der Waals surface area contributed by atoms with Crippen LogP contribution in [0.3, 0.4) is 0 Å². The predicted molar refractivity (Wildman–Crippen MR) is 91.7 cm³/mol. The van der Waals surface area contributed by atoms with Gasteiger partial charge in [-0.3, -0.25) is 14.5 Å². The lowest BCUT2D eigenvalue weighted by Gasteiger charge is -2.18. The minimum atomic E-state index is -0.472. The minimum absolute atomic E-state index is 0.0478. The summed E-state index contributed by atoms with van der Waals surface area (Å²) < 4.78 is 2.16. The number of nitrogens with one attached hydrogen (secondary N) is 2. The third-order valence-electron chi connectivity index (χ3n) is 3.95. The summed E-state index contributed by atoms with van der Waals surface area (Å²) in [5.41, 5.74) is 0. The van der Waals surface area contributed by atoms with Crippen molar-refractivity contribution in [3.8, 4) is 10.7 Å². The van der Waals surface area contributed by atoms with Crippen LogP contribution in [0.15, 0.2) is 29.7 Å². The van der Waals surface area contributed by atoms with Gasteiger partial charge in [0.2, 0.25) is 5.91 Å². The molecule has 23 heavy (non-hydrogen) atoms. The van der Waals surface area contributed by atoms with Gasteiger partial charge < -0.3 is 10.4 Å². The summed E-state index contributed by atoms with van der Waals surface area (Å²) in [5, 5.41) is 21.1. The van der Waals surface area contributed by atoms with E-state index in [1.807, 2.05) is 29.7 Å². The highest BCUT2D eigenvalue weighted by atomic mass is 32.1. The summed E-state index contributed by atoms with van der Waals surface area (Å²) in [4.78, 5) is 13.5. The summed E-state index contributed by atoms with van der Waals surface area (Å²) in [7, 11) is 0. The Balaban J connectivity index is 1.77. The van der Waals surface area contributed by atoms with Crippen molar-refractivity contribution in [1.29, 1.82) is 0 Å². The van der Waals surface area contributed by atoms with Crippen LogP contribution in [0, 0.1) is 10.7 Å².